The summed E-state index contributed by atoms with van der Waals surface area (Å²) in [5.74, 6) is 0.176. The number of aromatic hydroxyl groups is 2. The molecule has 3 aromatic carbocycles. The van der Waals surface area contributed by atoms with Gasteiger partial charge in [0.25, 0.3) is 5.91 Å². The number of benzene rings is 3. The van der Waals surface area contributed by atoms with Gasteiger partial charge in [0, 0.05) is 47.5 Å². The molecule has 11 nitrogen and oxygen atoms in total. The van der Waals surface area contributed by atoms with Crippen LogP contribution in [0, 0.1) is 5.82 Å². The standard InChI is InChI=1S/C36H34ClFN6O5S/c1-19(2)24-16-25(29(46)17-28(24)45)35(47)44-10-9-23-30(18-44)50-34-31(23)33(43-11-13-49-14-12-43)41-32(42-34)20-3-5-21(6-4-20)39-36(48)40-22-7-8-27(38)26(37)15-22/h3-8,15-17,19,45-46H,9-14,18H2,1-2H3,(H2,39,40,48). The van der Waals surface area contributed by atoms with Crippen molar-refractivity contribution in [1.29, 1.82) is 0 Å². The van der Waals surface area contributed by atoms with Crippen molar-refractivity contribution in [3.05, 3.63) is 87.0 Å². The second-order valence-electron chi connectivity index (χ2n) is 12.5. The molecule has 0 bridgehead atoms. The fourth-order valence-corrected chi connectivity index (χ4v) is 7.66. The van der Waals surface area contributed by atoms with E-state index in [4.69, 9.17) is 26.3 Å². The quantitative estimate of drug-likeness (QED) is 0.143. The van der Waals surface area contributed by atoms with Crippen molar-refractivity contribution in [3.63, 3.8) is 0 Å². The van der Waals surface area contributed by atoms with E-state index in [1.54, 1.807) is 23.1 Å². The predicted molar refractivity (Wildman–Crippen MR) is 192 cm³/mol. The summed E-state index contributed by atoms with van der Waals surface area (Å²) in [6.45, 7) is 7.17. The summed E-state index contributed by atoms with van der Waals surface area (Å²) in [6.07, 6.45) is 0.601. The van der Waals surface area contributed by atoms with Crippen LogP contribution in [0.1, 0.15) is 46.1 Å². The molecule has 0 saturated carbocycles. The number of fused-ring (bicyclic) bond motifs is 3. The minimum Gasteiger partial charge on any atom is -0.508 e. The molecule has 0 radical (unpaired) electrons. The molecular formula is C36H34ClFN6O5S. The number of anilines is 3. The Kier molecular flexibility index (Phi) is 9.21. The number of urea groups is 1. The summed E-state index contributed by atoms with van der Waals surface area (Å²) in [5.41, 5.74) is 3.53. The van der Waals surface area contributed by atoms with Crippen molar-refractivity contribution in [2.45, 2.75) is 32.7 Å². The van der Waals surface area contributed by atoms with Crippen LogP contribution in [-0.2, 0) is 17.7 Å². The minimum absolute atomic E-state index is 0.0241. The lowest BCUT2D eigenvalue weighted by atomic mass is 9.97. The van der Waals surface area contributed by atoms with Crippen molar-refractivity contribution in [2.24, 2.45) is 0 Å². The Morgan fingerprint density at radius 3 is 2.40 bits per heavy atom. The number of carbonyl (C=O) groups is 2. The highest BCUT2D eigenvalue weighted by molar-refractivity contribution is 7.19. The van der Waals surface area contributed by atoms with E-state index in [1.807, 2.05) is 26.0 Å². The van der Waals surface area contributed by atoms with Crippen LogP contribution >= 0.6 is 22.9 Å². The van der Waals surface area contributed by atoms with Crippen molar-refractivity contribution in [2.75, 3.05) is 48.4 Å². The summed E-state index contributed by atoms with van der Waals surface area (Å²) < 4.78 is 19.1. The molecule has 4 heterocycles. The number of nitrogens with zero attached hydrogens (tertiary/aromatic N) is 4. The monoisotopic (exact) mass is 716 g/mol. The Balaban J connectivity index is 1.16. The Hall–Kier alpha value is -4.98. The number of nitrogens with one attached hydrogen (secondary N) is 2. The Bertz CT molecular complexity index is 2120. The van der Waals surface area contributed by atoms with Crippen molar-refractivity contribution in [1.82, 2.24) is 14.9 Å². The largest absolute Gasteiger partial charge is 0.508 e. The summed E-state index contributed by atoms with van der Waals surface area (Å²) in [4.78, 5) is 42.1. The molecule has 258 valence electrons. The fraction of sp³-hybridized carbons (Fsp3) is 0.278. The third kappa shape index (κ3) is 6.63. The van der Waals surface area contributed by atoms with E-state index in [2.05, 4.69) is 15.5 Å². The zero-order valence-electron chi connectivity index (χ0n) is 27.3. The second-order valence-corrected chi connectivity index (χ2v) is 14.0. The summed E-state index contributed by atoms with van der Waals surface area (Å²) in [5, 5.41) is 27.2. The normalized spacial score (nSPS) is 14.6. The van der Waals surface area contributed by atoms with Gasteiger partial charge >= 0.3 is 6.03 Å². The zero-order valence-corrected chi connectivity index (χ0v) is 28.9. The maximum atomic E-state index is 13.7. The van der Waals surface area contributed by atoms with Gasteiger partial charge in [-0.1, -0.05) is 25.4 Å². The Morgan fingerprint density at radius 1 is 0.960 bits per heavy atom. The first-order chi connectivity index (χ1) is 24.0. The number of carbonyl (C=O) groups excluding carboxylic acids is 2. The maximum absolute atomic E-state index is 13.7. The van der Waals surface area contributed by atoms with Gasteiger partial charge in [0.05, 0.1) is 35.7 Å². The molecule has 5 aromatic rings. The predicted octanol–water partition coefficient (Wildman–Crippen LogP) is 7.36. The number of aromatic nitrogens is 2. The van der Waals surface area contributed by atoms with Gasteiger partial charge in [0.1, 0.15) is 28.0 Å². The number of morpholine rings is 1. The highest BCUT2D eigenvalue weighted by atomic mass is 35.5. The van der Waals surface area contributed by atoms with Crippen LogP contribution in [0.4, 0.5) is 26.4 Å². The van der Waals surface area contributed by atoms with E-state index < -0.39 is 11.8 Å². The molecule has 7 rings (SSSR count). The maximum Gasteiger partial charge on any atom is 0.323 e. The fourth-order valence-electron chi connectivity index (χ4n) is 6.25. The molecule has 2 aliphatic heterocycles. The molecule has 2 aromatic heterocycles. The first-order valence-electron chi connectivity index (χ1n) is 16.2. The van der Waals surface area contributed by atoms with E-state index in [0.29, 0.717) is 68.6 Å². The van der Waals surface area contributed by atoms with Crippen molar-refractivity contribution < 1.29 is 28.9 Å². The second kappa shape index (κ2) is 13.7. The number of hydrogen-bond acceptors (Lipinski definition) is 9. The molecule has 3 amide bonds. The molecule has 50 heavy (non-hydrogen) atoms. The van der Waals surface area contributed by atoms with E-state index in [-0.39, 0.29) is 33.9 Å². The highest BCUT2D eigenvalue weighted by Crippen LogP contribution is 2.41. The average molecular weight is 717 g/mol. The van der Waals surface area contributed by atoms with Crippen LogP contribution in [0.3, 0.4) is 0 Å². The number of amides is 3. The lowest BCUT2D eigenvalue weighted by Crippen LogP contribution is -2.37. The van der Waals surface area contributed by atoms with Crippen LogP contribution in [0.15, 0.2) is 54.6 Å². The number of phenolic OH excluding ortho intramolecular Hbond substituents is 2. The SMILES string of the molecule is CC(C)c1cc(C(=O)N2CCc3c(sc4nc(-c5ccc(NC(=O)Nc6ccc(F)c(Cl)c6)cc5)nc(N5CCOCC5)c34)C2)c(O)cc1O. The number of ether oxygens (including phenoxy) is 1. The molecule has 0 atom stereocenters. The van der Waals surface area contributed by atoms with Crippen LogP contribution < -0.4 is 15.5 Å². The topological polar surface area (TPSA) is 140 Å². The molecular weight excluding hydrogens is 683 g/mol. The number of hydrogen-bond donors (Lipinski definition) is 4. The number of rotatable bonds is 6. The smallest absolute Gasteiger partial charge is 0.323 e. The highest BCUT2D eigenvalue weighted by Gasteiger charge is 2.31. The third-order valence-corrected chi connectivity index (χ3v) is 10.3. The van der Waals surface area contributed by atoms with Gasteiger partial charge in [0.15, 0.2) is 5.82 Å². The van der Waals surface area contributed by atoms with E-state index in [1.165, 1.54) is 35.6 Å². The van der Waals surface area contributed by atoms with Gasteiger partial charge in [-0.2, -0.15) is 0 Å². The molecule has 0 aliphatic carbocycles. The molecule has 0 spiro atoms. The van der Waals surface area contributed by atoms with Gasteiger partial charge in [-0.25, -0.2) is 19.2 Å². The number of phenols is 2. The van der Waals surface area contributed by atoms with Gasteiger partial charge in [-0.15, -0.1) is 11.3 Å². The van der Waals surface area contributed by atoms with Crippen molar-refractivity contribution in [3.8, 4) is 22.9 Å². The Labute approximate surface area is 296 Å². The van der Waals surface area contributed by atoms with Gasteiger partial charge in [-0.05, 0) is 72.0 Å². The van der Waals surface area contributed by atoms with Crippen LogP contribution in [0.25, 0.3) is 21.6 Å². The molecule has 4 N–H and O–H groups in total. The van der Waals surface area contributed by atoms with Crippen LogP contribution in [0.2, 0.25) is 5.02 Å². The van der Waals surface area contributed by atoms with Gasteiger partial charge in [-0.3, -0.25) is 4.79 Å². The van der Waals surface area contributed by atoms with Crippen LogP contribution in [-0.4, -0.2) is 69.9 Å². The van der Waals surface area contributed by atoms with E-state index >= 15 is 0 Å². The zero-order chi connectivity index (χ0) is 35.1. The molecule has 1 fully saturated rings. The van der Waals surface area contributed by atoms with E-state index in [9.17, 15) is 24.2 Å². The average Bonchev–Trinajstić information content (AvgIpc) is 3.47. The summed E-state index contributed by atoms with van der Waals surface area (Å²) in [7, 11) is 0. The first kappa shape index (κ1) is 33.5. The molecule has 2 aliphatic rings. The lowest BCUT2D eigenvalue weighted by Gasteiger charge is -2.30. The number of halogens is 2. The molecule has 0 unspecified atom stereocenters. The van der Waals surface area contributed by atoms with Gasteiger partial charge < -0.3 is 35.4 Å². The Morgan fingerprint density at radius 2 is 1.68 bits per heavy atom. The van der Waals surface area contributed by atoms with Gasteiger partial charge in [0.2, 0.25) is 0 Å². The molecule has 1 saturated heterocycles. The lowest BCUT2D eigenvalue weighted by molar-refractivity contribution is 0.0734. The summed E-state index contributed by atoms with van der Waals surface area (Å²) >= 11 is 7.35. The first-order valence-corrected chi connectivity index (χ1v) is 17.4. The number of thiophene rings is 1. The van der Waals surface area contributed by atoms with Crippen LogP contribution in [0.5, 0.6) is 11.5 Å². The van der Waals surface area contributed by atoms with Crippen molar-refractivity contribution >= 4 is 62.3 Å². The minimum atomic E-state index is -0.572. The summed E-state index contributed by atoms with van der Waals surface area (Å²) in [6, 6.07) is 13.4. The third-order valence-electron chi connectivity index (χ3n) is 8.85. The molecule has 14 heteroatoms. The van der Waals surface area contributed by atoms with E-state index in [0.717, 1.165) is 32.0 Å².